The van der Waals surface area contributed by atoms with E-state index < -0.39 is 18.0 Å². The molecule has 1 aliphatic rings. The van der Waals surface area contributed by atoms with Crippen molar-refractivity contribution in [1.82, 2.24) is 4.90 Å². The first-order valence-electron chi connectivity index (χ1n) is 6.89. The number of carbonyl (C=O) groups is 2. The maximum absolute atomic E-state index is 12.2. The van der Waals surface area contributed by atoms with Crippen LogP contribution in [0.15, 0.2) is 36.5 Å². The van der Waals surface area contributed by atoms with E-state index in [1.165, 1.54) is 4.90 Å². The number of allylic oxidation sites excluding steroid dienone is 1. The summed E-state index contributed by atoms with van der Waals surface area (Å²) >= 11 is 5.75. The fraction of sp³-hybridized carbons (Fsp3) is 0.333. The molecule has 2 rings (SSSR count). The zero-order valence-corrected chi connectivity index (χ0v) is 12.7. The Morgan fingerprint density at radius 1 is 1.26 bits per heavy atom. The molecule has 1 saturated heterocycles. The van der Waals surface area contributed by atoms with Gasteiger partial charge in [0.05, 0.1) is 0 Å². The van der Waals surface area contributed by atoms with Crippen LogP contribution in [0, 0.1) is 0 Å². The number of benzene rings is 1. The number of nitrogens with one attached hydrogen (secondary N) is 1. The molecule has 1 amide bonds. The first-order chi connectivity index (χ1) is 10.8. The van der Waals surface area contributed by atoms with Crippen LogP contribution in [0.4, 0.5) is 18.9 Å². The van der Waals surface area contributed by atoms with Gasteiger partial charge in [0.2, 0.25) is 5.91 Å². The lowest BCUT2D eigenvalue weighted by molar-refractivity contribution is -0.165. The van der Waals surface area contributed by atoms with Gasteiger partial charge in [-0.05, 0) is 37.1 Å². The molecule has 124 valence electrons. The molecule has 0 aromatic heterocycles. The van der Waals surface area contributed by atoms with Gasteiger partial charge in [-0.3, -0.25) is 9.59 Å². The number of likely N-dealkylation sites (tertiary alicyclic amines) is 1. The monoisotopic (exact) mass is 346 g/mol. The van der Waals surface area contributed by atoms with Gasteiger partial charge in [0, 0.05) is 29.5 Å². The molecule has 0 aliphatic carbocycles. The third kappa shape index (κ3) is 4.72. The Morgan fingerprint density at radius 3 is 2.52 bits per heavy atom. The summed E-state index contributed by atoms with van der Waals surface area (Å²) in [6, 6.07) is 5.88. The molecule has 23 heavy (non-hydrogen) atoms. The van der Waals surface area contributed by atoms with Crippen LogP contribution in [0.1, 0.15) is 12.8 Å². The standard InChI is InChI=1S/C15H14ClF3N2O2/c16-10-3-5-11(6-4-10)20-14(23)12-2-1-8-21(12)9-7-13(22)15(17,18)19/h3-7,9,12H,1-2,8H2,(H,20,23)/b9-7+/t12-/m0/s1. The number of hydrogen-bond acceptors (Lipinski definition) is 3. The molecule has 8 heteroatoms. The van der Waals surface area contributed by atoms with Crippen molar-refractivity contribution in [2.24, 2.45) is 0 Å². The quantitative estimate of drug-likeness (QED) is 0.850. The molecule has 1 fully saturated rings. The number of hydrogen-bond donors (Lipinski definition) is 1. The van der Waals surface area contributed by atoms with Gasteiger partial charge in [-0.2, -0.15) is 13.2 Å². The third-order valence-corrected chi connectivity index (χ3v) is 3.66. The van der Waals surface area contributed by atoms with Gasteiger partial charge in [0.15, 0.2) is 0 Å². The van der Waals surface area contributed by atoms with Crippen molar-refractivity contribution in [3.8, 4) is 0 Å². The van der Waals surface area contributed by atoms with Gasteiger partial charge >= 0.3 is 6.18 Å². The van der Waals surface area contributed by atoms with E-state index in [-0.39, 0.29) is 5.91 Å². The normalized spacial score (nSPS) is 18.4. The summed E-state index contributed by atoms with van der Waals surface area (Å²) in [7, 11) is 0. The first-order valence-corrected chi connectivity index (χ1v) is 7.27. The molecular weight excluding hydrogens is 333 g/mol. The van der Waals surface area contributed by atoms with E-state index in [4.69, 9.17) is 11.6 Å². The Hall–Kier alpha value is -2.02. The maximum atomic E-state index is 12.2. The highest BCUT2D eigenvalue weighted by Gasteiger charge is 2.37. The first kappa shape index (κ1) is 17.3. The van der Waals surface area contributed by atoms with Gasteiger partial charge in [-0.15, -0.1) is 0 Å². The number of carbonyl (C=O) groups excluding carboxylic acids is 2. The van der Waals surface area contributed by atoms with E-state index in [0.717, 1.165) is 6.20 Å². The Balaban J connectivity index is 2.00. The molecule has 1 aromatic rings. The summed E-state index contributed by atoms with van der Waals surface area (Å²) in [4.78, 5) is 24.5. The molecule has 0 spiro atoms. The lowest BCUT2D eigenvalue weighted by Gasteiger charge is -2.22. The minimum atomic E-state index is -4.91. The van der Waals surface area contributed by atoms with Crippen molar-refractivity contribution < 1.29 is 22.8 Å². The second-order valence-corrected chi connectivity index (χ2v) is 5.51. The minimum absolute atomic E-state index is 0.339. The number of nitrogens with zero attached hydrogens (tertiary/aromatic N) is 1. The molecule has 1 N–H and O–H groups in total. The van der Waals surface area contributed by atoms with Crippen molar-refractivity contribution in [2.45, 2.75) is 25.1 Å². The average molecular weight is 347 g/mol. The summed E-state index contributed by atoms with van der Waals surface area (Å²) < 4.78 is 36.6. The summed E-state index contributed by atoms with van der Waals surface area (Å²) in [5.41, 5.74) is 0.543. The zero-order chi connectivity index (χ0) is 17.0. The summed E-state index contributed by atoms with van der Waals surface area (Å²) in [5.74, 6) is -2.28. The smallest absolute Gasteiger partial charge is 0.365 e. The Morgan fingerprint density at radius 2 is 1.91 bits per heavy atom. The minimum Gasteiger partial charge on any atom is -0.365 e. The number of alkyl halides is 3. The zero-order valence-electron chi connectivity index (χ0n) is 11.9. The third-order valence-electron chi connectivity index (χ3n) is 3.41. The SMILES string of the molecule is O=C(Nc1ccc(Cl)cc1)[C@@H]1CCCN1/C=C/C(=O)C(F)(F)F. The van der Waals surface area contributed by atoms with Gasteiger partial charge in [-0.25, -0.2) is 0 Å². The van der Waals surface area contributed by atoms with E-state index in [9.17, 15) is 22.8 Å². The molecule has 1 heterocycles. The van der Waals surface area contributed by atoms with Crippen molar-refractivity contribution in [3.05, 3.63) is 41.6 Å². The van der Waals surface area contributed by atoms with Crippen molar-refractivity contribution in [3.63, 3.8) is 0 Å². The number of amides is 1. The Bertz CT molecular complexity index is 614. The van der Waals surface area contributed by atoms with Crippen LogP contribution in [0.5, 0.6) is 0 Å². The topological polar surface area (TPSA) is 49.4 Å². The number of rotatable bonds is 4. The molecular formula is C15H14ClF3N2O2. The van der Waals surface area contributed by atoms with Crippen molar-refractivity contribution in [2.75, 3.05) is 11.9 Å². The molecule has 1 aromatic carbocycles. The summed E-state index contributed by atoms with van der Waals surface area (Å²) in [6.07, 6.45) is -2.26. The fourth-order valence-electron chi connectivity index (χ4n) is 2.27. The lowest BCUT2D eigenvalue weighted by Crippen LogP contribution is -2.36. The van der Waals surface area contributed by atoms with Gasteiger partial charge in [-0.1, -0.05) is 11.6 Å². The van der Waals surface area contributed by atoms with Crippen LogP contribution in [-0.2, 0) is 9.59 Å². The van der Waals surface area contributed by atoms with Crippen LogP contribution in [-0.4, -0.2) is 35.4 Å². The summed E-state index contributed by atoms with van der Waals surface area (Å²) in [5, 5.41) is 3.21. The van der Waals surface area contributed by atoms with Gasteiger partial charge in [0.1, 0.15) is 6.04 Å². The van der Waals surface area contributed by atoms with E-state index in [1.54, 1.807) is 24.3 Å². The van der Waals surface area contributed by atoms with Crippen LogP contribution in [0.25, 0.3) is 0 Å². The largest absolute Gasteiger partial charge is 0.454 e. The molecule has 1 atom stereocenters. The molecule has 0 bridgehead atoms. The van der Waals surface area contributed by atoms with Gasteiger partial charge in [0.25, 0.3) is 5.78 Å². The molecule has 0 unspecified atom stereocenters. The van der Waals surface area contributed by atoms with Crippen LogP contribution >= 0.6 is 11.6 Å². The Labute approximate surface area is 135 Å². The predicted octanol–water partition coefficient (Wildman–Crippen LogP) is 3.39. The van der Waals surface area contributed by atoms with E-state index in [2.05, 4.69) is 5.32 Å². The highest BCUT2D eigenvalue weighted by atomic mass is 35.5. The number of anilines is 1. The van der Waals surface area contributed by atoms with Crippen LogP contribution < -0.4 is 5.32 Å². The van der Waals surface area contributed by atoms with E-state index >= 15 is 0 Å². The van der Waals surface area contributed by atoms with E-state index in [1.807, 2.05) is 0 Å². The molecule has 1 aliphatic heterocycles. The maximum Gasteiger partial charge on any atom is 0.454 e. The highest BCUT2D eigenvalue weighted by Crippen LogP contribution is 2.22. The molecule has 0 saturated carbocycles. The Kier molecular flexibility index (Phi) is 5.30. The molecule has 4 nitrogen and oxygen atoms in total. The van der Waals surface area contributed by atoms with Gasteiger partial charge < -0.3 is 10.2 Å². The number of halogens is 4. The highest BCUT2D eigenvalue weighted by molar-refractivity contribution is 6.30. The van der Waals surface area contributed by atoms with Crippen LogP contribution in [0.2, 0.25) is 5.02 Å². The van der Waals surface area contributed by atoms with E-state index in [0.29, 0.717) is 36.2 Å². The summed E-state index contributed by atoms with van der Waals surface area (Å²) in [6.45, 7) is 0.417. The van der Waals surface area contributed by atoms with Crippen molar-refractivity contribution >= 4 is 29.0 Å². The van der Waals surface area contributed by atoms with Crippen LogP contribution in [0.3, 0.4) is 0 Å². The fourth-order valence-corrected chi connectivity index (χ4v) is 2.39. The second-order valence-electron chi connectivity index (χ2n) is 5.07. The number of ketones is 1. The second kappa shape index (κ2) is 7.04. The lowest BCUT2D eigenvalue weighted by atomic mass is 10.2. The predicted molar refractivity (Wildman–Crippen MR) is 80.0 cm³/mol. The molecule has 0 radical (unpaired) electrons. The van der Waals surface area contributed by atoms with Crippen molar-refractivity contribution in [1.29, 1.82) is 0 Å². The average Bonchev–Trinajstić information content (AvgIpc) is 2.94.